The van der Waals surface area contributed by atoms with Gasteiger partial charge in [0.05, 0.1) is 30.6 Å². The lowest BCUT2D eigenvalue weighted by Crippen LogP contribution is -2.39. The fourth-order valence-electron chi connectivity index (χ4n) is 3.24. The van der Waals surface area contributed by atoms with Gasteiger partial charge in [0.25, 0.3) is 5.91 Å². The third-order valence-corrected chi connectivity index (χ3v) is 5.78. The van der Waals surface area contributed by atoms with Crippen LogP contribution >= 0.6 is 23.6 Å². The molecule has 2 aromatic heterocycles. The number of anilines is 1. The highest BCUT2D eigenvalue weighted by atomic mass is 32.1. The van der Waals surface area contributed by atoms with Crippen molar-refractivity contribution in [2.75, 3.05) is 19.0 Å². The maximum absolute atomic E-state index is 14.0. The molecule has 7 nitrogen and oxygen atoms in total. The van der Waals surface area contributed by atoms with E-state index >= 15 is 0 Å². The molecule has 0 atom stereocenters. The number of amides is 1. The Morgan fingerprint density at radius 1 is 1.37 bits per heavy atom. The fraction of sp³-hybridized carbons (Fsp3) is 0.200. The monoisotopic (exact) mass is 443 g/mol. The lowest BCUT2D eigenvalue weighted by atomic mass is 10.1. The Hall–Kier alpha value is -3.11. The number of hydrogen-bond donors (Lipinski definition) is 3. The summed E-state index contributed by atoms with van der Waals surface area (Å²) in [5, 5.41) is 12.0. The summed E-state index contributed by atoms with van der Waals surface area (Å²) >= 11 is 7.03. The van der Waals surface area contributed by atoms with E-state index in [4.69, 9.17) is 17.0 Å². The standard InChI is InChI=1S/C20H18FN5O2S2/c1-28-17-12(21)3-2-4-14(17)26-19(29)16-13(5-7-22-18(16)27)23-9-15-11-6-8-30-20(11)25-10-24-15/h2-4,6,8,10,23H,5,7,9H2,1H3,(H,22,27)(H,26,29). The van der Waals surface area contributed by atoms with Crippen molar-refractivity contribution in [3.05, 3.63) is 58.8 Å². The Bertz CT molecular complexity index is 1160. The van der Waals surface area contributed by atoms with E-state index in [0.29, 0.717) is 36.5 Å². The lowest BCUT2D eigenvalue weighted by Gasteiger charge is -2.23. The van der Waals surface area contributed by atoms with Crippen LogP contribution in [0.2, 0.25) is 0 Å². The summed E-state index contributed by atoms with van der Waals surface area (Å²) in [7, 11) is 1.37. The number of hydrogen-bond acceptors (Lipinski definition) is 7. The molecule has 0 unspecified atom stereocenters. The van der Waals surface area contributed by atoms with Crippen molar-refractivity contribution in [1.29, 1.82) is 0 Å². The van der Waals surface area contributed by atoms with Gasteiger partial charge in [-0.25, -0.2) is 14.4 Å². The largest absolute Gasteiger partial charge is 0.492 e. The molecule has 0 spiro atoms. The fourth-order valence-corrected chi connectivity index (χ4v) is 4.32. The average Bonchev–Trinajstić information content (AvgIpc) is 3.22. The zero-order valence-corrected chi connectivity index (χ0v) is 17.6. The second-order valence-corrected chi connectivity index (χ2v) is 7.75. The van der Waals surface area contributed by atoms with Gasteiger partial charge in [-0.2, -0.15) is 0 Å². The van der Waals surface area contributed by atoms with Gasteiger partial charge >= 0.3 is 0 Å². The maximum Gasteiger partial charge on any atom is 0.256 e. The molecule has 4 rings (SSSR count). The summed E-state index contributed by atoms with van der Waals surface area (Å²) < 4.78 is 19.1. The molecule has 3 heterocycles. The van der Waals surface area contributed by atoms with Crippen LogP contribution in [0.5, 0.6) is 5.75 Å². The highest BCUT2D eigenvalue weighted by Crippen LogP contribution is 2.28. The van der Waals surface area contributed by atoms with Gasteiger partial charge < -0.3 is 20.7 Å². The van der Waals surface area contributed by atoms with Gasteiger partial charge in [-0.1, -0.05) is 18.3 Å². The number of fused-ring (bicyclic) bond motifs is 1. The Morgan fingerprint density at radius 3 is 3.07 bits per heavy atom. The number of thiocarbonyl (C=S) groups is 1. The molecule has 3 N–H and O–H groups in total. The number of ether oxygens (including phenoxy) is 1. The number of carbonyl (C=O) groups excluding carboxylic acids is 1. The molecule has 1 amide bonds. The highest BCUT2D eigenvalue weighted by molar-refractivity contribution is 7.81. The van der Waals surface area contributed by atoms with Gasteiger partial charge in [-0.05, 0) is 23.6 Å². The smallest absolute Gasteiger partial charge is 0.256 e. The molecule has 1 aliphatic heterocycles. The van der Waals surface area contributed by atoms with E-state index in [-0.39, 0.29) is 16.6 Å². The van der Waals surface area contributed by atoms with Crippen molar-refractivity contribution in [1.82, 2.24) is 20.6 Å². The molecule has 3 aromatic rings. The van der Waals surface area contributed by atoms with Crippen LogP contribution in [-0.4, -0.2) is 34.5 Å². The van der Waals surface area contributed by atoms with E-state index in [1.165, 1.54) is 19.5 Å². The van der Waals surface area contributed by atoms with Gasteiger partial charge in [0.15, 0.2) is 11.6 Å². The molecule has 30 heavy (non-hydrogen) atoms. The predicted molar refractivity (Wildman–Crippen MR) is 118 cm³/mol. The number of methoxy groups -OCH3 is 1. The average molecular weight is 444 g/mol. The predicted octanol–water partition coefficient (Wildman–Crippen LogP) is 3.14. The minimum atomic E-state index is -0.519. The van der Waals surface area contributed by atoms with Crippen molar-refractivity contribution in [2.24, 2.45) is 0 Å². The minimum Gasteiger partial charge on any atom is -0.492 e. The molecule has 1 aliphatic rings. The first-order valence-electron chi connectivity index (χ1n) is 9.14. The molecule has 0 saturated carbocycles. The SMILES string of the molecule is COc1c(F)cccc1NC(=S)C1=C(NCc2ncnc3sccc23)CCNC1=O. The molecule has 0 bridgehead atoms. The van der Waals surface area contributed by atoms with Crippen LogP contribution < -0.4 is 20.7 Å². The zero-order valence-electron chi connectivity index (χ0n) is 16.0. The number of halogens is 1. The van der Waals surface area contributed by atoms with Crippen LogP contribution in [0.25, 0.3) is 10.2 Å². The first-order valence-corrected chi connectivity index (χ1v) is 10.4. The van der Waals surface area contributed by atoms with Crippen LogP contribution in [0.1, 0.15) is 12.1 Å². The Morgan fingerprint density at radius 2 is 2.23 bits per heavy atom. The van der Waals surface area contributed by atoms with Crippen LogP contribution in [0, 0.1) is 5.82 Å². The molecule has 0 radical (unpaired) electrons. The summed E-state index contributed by atoms with van der Waals surface area (Å²) in [6, 6.07) is 6.44. The van der Waals surface area contributed by atoms with Gasteiger partial charge in [-0.15, -0.1) is 11.3 Å². The summed E-state index contributed by atoms with van der Waals surface area (Å²) in [5.41, 5.74) is 2.21. The van der Waals surface area contributed by atoms with Crippen LogP contribution in [0.4, 0.5) is 10.1 Å². The number of benzene rings is 1. The first-order chi connectivity index (χ1) is 14.6. The third kappa shape index (κ3) is 3.96. The Labute approximate surface area is 181 Å². The molecule has 154 valence electrons. The molecule has 0 saturated heterocycles. The molecule has 0 aliphatic carbocycles. The van der Waals surface area contributed by atoms with Gasteiger partial charge in [0.2, 0.25) is 0 Å². The molecular formula is C20H18FN5O2S2. The minimum absolute atomic E-state index is 0.0343. The van der Waals surface area contributed by atoms with Crippen molar-refractivity contribution in [2.45, 2.75) is 13.0 Å². The molecular weight excluding hydrogens is 425 g/mol. The van der Waals surface area contributed by atoms with E-state index in [1.54, 1.807) is 23.5 Å². The van der Waals surface area contributed by atoms with Gasteiger partial charge in [0, 0.05) is 24.0 Å². The second kappa shape index (κ2) is 8.72. The number of rotatable bonds is 6. The summed E-state index contributed by atoms with van der Waals surface area (Å²) in [6.07, 6.45) is 2.11. The van der Waals surface area contributed by atoms with E-state index in [9.17, 15) is 9.18 Å². The second-order valence-electron chi connectivity index (χ2n) is 6.45. The summed E-state index contributed by atoms with van der Waals surface area (Å²) in [4.78, 5) is 22.3. The summed E-state index contributed by atoms with van der Waals surface area (Å²) in [5.74, 6) is -0.777. The number of para-hydroxylation sites is 1. The first kappa shape index (κ1) is 20.2. The van der Waals surface area contributed by atoms with E-state index in [2.05, 4.69) is 25.9 Å². The molecule has 10 heteroatoms. The van der Waals surface area contributed by atoms with Crippen molar-refractivity contribution >= 4 is 50.4 Å². The third-order valence-electron chi connectivity index (χ3n) is 4.65. The zero-order chi connectivity index (χ0) is 21.1. The maximum atomic E-state index is 14.0. The Kier molecular flexibility index (Phi) is 5.86. The molecule has 1 aromatic carbocycles. The van der Waals surface area contributed by atoms with E-state index < -0.39 is 5.82 Å². The van der Waals surface area contributed by atoms with Crippen LogP contribution in [-0.2, 0) is 11.3 Å². The number of aromatic nitrogens is 2. The summed E-state index contributed by atoms with van der Waals surface area (Å²) in [6.45, 7) is 0.919. The van der Waals surface area contributed by atoms with Crippen molar-refractivity contribution in [3.63, 3.8) is 0 Å². The van der Waals surface area contributed by atoms with E-state index in [0.717, 1.165) is 15.9 Å². The van der Waals surface area contributed by atoms with Gasteiger partial charge in [0.1, 0.15) is 16.1 Å². The number of nitrogens with zero attached hydrogens (tertiary/aromatic N) is 2. The quantitative estimate of drug-likeness (QED) is 0.505. The number of carbonyl (C=O) groups is 1. The van der Waals surface area contributed by atoms with Crippen molar-refractivity contribution < 1.29 is 13.9 Å². The highest BCUT2D eigenvalue weighted by Gasteiger charge is 2.25. The normalized spacial score (nSPS) is 13.9. The lowest BCUT2D eigenvalue weighted by molar-refractivity contribution is -0.117. The number of nitrogens with one attached hydrogen (secondary N) is 3. The topological polar surface area (TPSA) is 88.2 Å². The van der Waals surface area contributed by atoms with E-state index in [1.807, 2.05) is 11.4 Å². The number of thiophene rings is 1. The Balaban J connectivity index is 1.60. The molecule has 0 fully saturated rings. The van der Waals surface area contributed by atoms with Crippen LogP contribution in [0.3, 0.4) is 0 Å². The van der Waals surface area contributed by atoms with Gasteiger partial charge in [-0.3, -0.25) is 4.79 Å². The van der Waals surface area contributed by atoms with Crippen molar-refractivity contribution in [3.8, 4) is 5.75 Å². The van der Waals surface area contributed by atoms with Crippen LogP contribution in [0.15, 0.2) is 47.2 Å².